The van der Waals surface area contributed by atoms with E-state index in [0.717, 1.165) is 34.1 Å². The summed E-state index contributed by atoms with van der Waals surface area (Å²) in [6.45, 7) is 1.07. The molecule has 0 saturated heterocycles. The van der Waals surface area contributed by atoms with Gasteiger partial charge in [0.15, 0.2) is 0 Å². The monoisotopic (exact) mass is 335 g/mol. The summed E-state index contributed by atoms with van der Waals surface area (Å²) >= 11 is 0. The van der Waals surface area contributed by atoms with E-state index in [9.17, 15) is 0 Å². The third kappa shape index (κ3) is 4.64. The van der Waals surface area contributed by atoms with E-state index in [-0.39, 0.29) is 0 Å². The summed E-state index contributed by atoms with van der Waals surface area (Å²) in [6, 6.07) is 19.2. The summed E-state index contributed by atoms with van der Waals surface area (Å²) in [4.78, 5) is 4.27. The zero-order valence-corrected chi connectivity index (χ0v) is 14.1. The van der Waals surface area contributed by atoms with Crippen molar-refractivity contribution in [3.8, 4) is 11.5 Å². The molecule has 0 unspecified atom stereocenters. The third-order valence-electron chi connectivity index (χ3n) is 3.77. The molecule has 0 spiro atoms. The molecule has 1 aromatic heterocycles. The van der Waals surface area contributed by atoms with Crippen LogP contribution in [0.4, 0.5) is 11.5 Å². The molecule has 0 saturated carbocycles. The van der Waals surface area contributed by atoms with E-state index in [1.54, 1.807) is 13.3 Å². The minimum absolute atomic E-state index is 0.462. The highest BCUT2D eigenvalue weighted by atomic mass is 16.5. The molecule has 0 amide bonds. The van der Waals surface area contributed by atoms with E-state index in [2.05, 4.69) is 10.3 Å². The predicted octanol–water partition coefficient (Wildman–Crippen LogP) is 3.86. The van der Waals surface area contributed by atoms with Gasteiger partial charge < -0.3 is 20.5 Å². The smallest absolute Gasteiger partial charge is 0.128 e. The van der Waals surface area contributed by atoms with Crippen molar-refractivity contribution in [1.82, 2.24) is 4.98 Å². The second-order valence-corrected chi connectivity index (χ2v) is 5.57. The van der Waals surface area contributed by atoms with Gasteiger partial charge >= 0.3 is 0 Å². The topological polar surface area (TPSA) is 69.4 Å². The van der Waals surface area contributed by atoms with Gasteiger partial charge in [0.25, 0.3) is 0 Å². The molecule has 0 radical (unpaired) electrons. The third-order valence-corrected chi connectivity index (χ3v) is 3.77. The average Bonchev–Trinajstić information content (AvgIpc) is 2.67. The number of nitrogens with two attached hydrogens (primary N) is 1. The Kier molecular flexibility index (Phi) is 5.36. The maximum absolute atomic E-state index is 6.01. The number of methoxy groups -OCH3 is 1. The van der Waals surface area contributed by atoms with E-state index >= 15 is 0 Å². The van der Waals surface area contributed by atoms with Gasteiger partial charge in [-0.25, -0.2) is 4.98 Å². The molecule has 0 aliphatic heterocycles. The Hall–Kier alpha value is -3.21. The number of anilines is 2. The zero-order valence-electron chi connectivity index (χ0n) is 14.1. The largest absolute Gasteiger partial charge is 0.497 e. The van der Waals surface area contributed by atoms with E-state index in [0.29, 0.717) is 13.2 Å². The van der Waals surface area contributed by atoms with Crippen LogP contribution >= 0.6 is 0 Å². The van der Waals surface area contributed by atoms with Gasteiger partial charge in [0.2, 0.25) is 0 Å². The van der Waals surface area contributed by atoms with Crippen LogP contribution in [0.15, 0.2) is 66.9 Å². The first-order chi connectivity index (χ1) is 12.2. The lowest BCUT2D eigenvalue weighted by molar-refractivity contribution is 0.300. The molecule has 0 aliphatic carbocycles. The quantitative estimate of drug-likeness (QED) is 0.642. The summed E-state index contributed by atoms with van der Waals surface area (Å²) in [5, 5.41) is 3.30. The van der Waals surface area contributed by atoms with Crippen molar-refractivity contribution >= 4 is 11.5 Å². The fraction of sp³-hybridized carbons (Fsp3) is 0.150. The number of nitrogens with zero attached hydrogens (tertiary/aromatic N) is 1. The Morgan fingerprint density at radius 3 is 2.60 bits per heavy atom. The van der Waals surface area contributed by atoms with E-state index in [1.807, 2.05) is 60.7 Å². The number of benzene rings is 2. The highest BCUT2D eigenvalue weighted by molar-refractivity contribution is 5.44. The fourth-order valence-corrected chi connectivity index (χ4v) is 2.37. The van der Waals surface area contributed by atoms with Crippen LogP contribution in [-0.2, 0) is 13.2 Å². The number of ether oxygens (including phenoxy) is 2. The molecule has 0 fully saturated rings. The SMILES string of the molecule is COc1ccc(CNc2ccccn2)c(OCc2ccc(N)cc2)c1. The molecule has 0 atom stereocenters. The van der Waals surface area contributed by atoms with E-state index < -0.39 is 0 Å². The minimum Gasteiger partial charge on any atom is -0.497 e. The Bertz CT molecular complexity index is 805. The van der Waals surface area contributed by atoms with Crippen molar-refractivity contribution in [2.24, 2.45) is 0 Å². The first kappa shape index (κ1) is 16.6. The number of rotatable bonds is 7. The molecular weight excluding hydrogens is 314 g/mol. The summed E-state index contributed by atoms with van der Waals surface area (Å²) < 4.78 is 11.3. The lowest BCUT2D eigenvalue weighted by atomic mass is 10.1. The van der Waals surface area contributed by atoms with E-state index in [1.165, 1.54) is 0 Å². The second kappa shape index (κ2) is 8.06. The van der Waals surface area contributed by atoms with Crippen molar-refractivity contribution < 1.29 is 9.47 Å². The number of aromatic nitrogens is 1. The maximum atomic E-state index is 6.01. The van der Waals surface area contributed by atoms with Crippen LogP contribution in [0.2, 0.25) is 0 Å². The van der Waals surface area contributed by atoms with Gasteiger partial charge in [0.1, 0.15) is 23.9 Å². The van der Waals surface area contributed by atoms with E-state index in [4.69, 9.17) is 15.2 Å². The van der Waals surface area contributed by atoms with Crippen molar-refractivity contribution in [2.45, 2.75) is 13.2 Å². The molecule has 3 N–H and O–H groups in total. The maximum Gasteiger partial charge on any atom is 0.128 e. The van der Waals surface area contributed by atoms with Gasteiger partial charge in [-0.05, 0) is 42.0 Å². The molecule has 0 bridgehead atoms. The molecule has 3 aromatic rings. The van der Waals surface area contributed by atoms with Crippen molar-refractivity contribution in [1.29, 1.82) is 0 Å². The second-order valence-electron chi connectivity index (χ2n) is 5.57. The van der Waals surface area contributed by atoms with Gasteiger partial charge in [-0.2, -0.15) is 0 Å². The van der Waals surface area contributed by atoms with Crippen LogP contribution in [0.3, 0.4) is 0 Å². The Morgan fingerprint density at radius 1 is 1.04 bits per heavy atom. The van der Waals surface area contributed by atoms with Gasteiger partial charge in [0, 0.05) is 30.1 Å². The molecule has 0 aliphatic rings. The van der Waals surface area contributed by atoms with Gasteiger partial charge in [-0.3, -0.25) is 0 Å². The summed E-state index contributed by atoms with van der Waals surface area (Å²) in [7, 11) is 1.64. The van der Waals surface area contributed by atoms with Crippen LogP contribution in [0.1, 0.15) is 11.1 Å². The lowest BCUT2D eigenvalue weighted by Gasteiger charge is -2.14. The van der Waals surface area contributed by atoms with Crippen LogP contribution in [0, 0.1) is 0 Å². The average molecular weight is 335 g/mol. The van der Waals surface area contributed by atoms with Crippen LogP contribution < -0.4 is 20.5 Å². The fourth-order valence-electron chi connectivity index (χ4n) is 2.37. The molecule has 5 nitrogen and oxygen atoms in total. The zero-order chi connectivity index (χ0) is 17.5. The Balaban J connectivity index is 1.72. The molecule has 2 aromatic carbocycles. The Labute approximate surface area is 147 Å². The summed E-state index contributed by atoms with van der Waals surface area (Å²) in [5.74, 6) is 2.36. The standard InChI is InChI=1S/C20H21N3O2/c1-24-18-10-7-16(13-23-20-4-2-3-11-22-20)19(12-18)25-14-15-5-8-17(21)9-6-15/h2-12H,13-14,21H2,1H3,(H,22,23). The van der Waals surface area contributed by atoms with Gasteiger partial charge in [-0.15, -0.1) is 0 Å². The number of pyridine rings is 1. The van der Waals surface area contributed by atoms with Gasteiger partial charge in [-0.1, -0.05) is 18.2 Å². The molecule has 128 valence electrons. The predicted molar refractivity (Wildman–Crippen MR) is 99.7 cm³/mol. The van der Waals surface area contributed by atoms with Crippen LogP contribution in [0.25, 0.3) is 0 Å². The van der Waals surface area contributed by atoms with Crippen molar-refractivity contribution in [3.63, 3.8) is 0 Å². The number of nitrogens with one attached hydrogen (secondary N) is 1. The first-order valence-electron chi connectivity index (χ1n) is 8.03. The molecule has 5 heteroatoms. The van der Waals surface area contributed by atoms with Crippen molar-refractivity contribution in [3.05, 3.63) is 78.0 Å². The number of hydrogen-bond donors (Lipinski definition) is 2. The molecule has 1 heterocycles. The van der Waals surface area contributed by atoms with Gasteiger partial charge in [0.05, 0.1) is 7.11 Å². The number of nitrogen functional groups attached to an aromatic ring is 1. The highest BCUT2D eigenvalue weighted by Gasteiger charge is 2.07. The molecular formula is C20H21N3O2. The lowest BCUT2D eigenvalue weighted by Crippen LogP contribution is -2.05. The minimum atomic E-state index is 0.462. The Morgan fingerprint density at radius 2 is 1.88 bits per heavy atom. The normalized spacial score (nSPS) is 10.3. The van der Waals surface area contributed by atoms with Crippen LogP contribution in [0.5, 0.6) is 11.5 Å². The highest BCUT2D eigenvalue weighted by Crippen LogP contribution is 2.26. The van der Waals surface area contributed by atoms with Crippen LogP contribution in [-0.4, -0.2) is 12.1 Å². The van der Waals surface area contributed by atoms with Crippen molar-refractivity contribution in [2.75, 3.05) is 18.2 Å². The first-order valence-corrected chi connectivity index (χ1v) is 8.03. The number of hydrogen-bond acceptors (Lipinski definition) is 5. The molecule has 25 heavy (non-hydrogen) atoms. The summed E-state index contributed by atoms with van der Waals surface area (Å²) in [6.07, 6.45) is 1.76. The molecule has 3 rings (SSSR count). The summed E-state index contributed by atoms with van der Waals surface area (Å²) in [5.41, 5.74) is 8.55.